The minimum atomic E-state index is -0.329. The van der Waals surface area contributed by atoms with Crippen LogP contribution in [0.2, 0.25) is 0 Å². The van der Waals surface area contributed by atoms with Gasteiger partial charge in [-0.3, -0.25) is 0 Å². The highest BCUT2D eigenvalue weighted by molar-refractivity contribution is 5.78. The molecule has 0 aromatic carbocycles. The van der Waals surface area contributed by atoms with Crippen LogP contribution < -0.4 is 10.6 Å². The van der Waals surface area contributed by atoms with Gasteiger partial charge in [0.15, 0.2) is 17.6 Å². The molecule has 0 aliphatic carbocycles. The van der Waals surface area contributed by atoms with Crippen LogP contribution in [0.4, 0.5) is 10.2 Å². The number of guanidine groups is 1. The maximum atomic E-state index is 14.3. The Hall–Kier alpha value is -1.93. The van der Waals surface area contributed by atoms with Crippen molar-refractivity contribution in [3.63, 3.8) is 0 Å². The van der Waals surface area contributed by atoms with Crippen molar-refractivity contribution in [2.75, 3.05) is 57.5 Å². The molecule has 3 heterocycles. The van der Waals surface area contributed by atoms with Gasteiger partial charge >= 0.3 is 0 Å². The van der Waals surface area contributed by atoms with Crippen LogP contribution in [0.1, 0.15) is 5.56 Å². The quantitative estimate of drug-likeness (QED) is 0.633. The van der Waals surface area contributed by atoms with Crippen molar-refractivity contribution in [1.82, 2.24) is 9.88 Å². The van der Waals surface area contributed by atoms with E-state index in [1.165, 1.54) is 6.07 Å². The van der Waals surface area contributed by atoms with E-state index in [9.17, 15) is 4.39 Å². The van der Waals surface area contributed by atoms with E-state index in [1.807, 2.05) is 9.80 Å². The van der Waals surface area contributed by atoms with Gasteiger partial charge in [0.1, 0.15) is 0 Å². The molecule has 0 radical (unpaired) electrons. The molecule has 8 heteroatoms. The van der Waals surface area contributed by atoms with Gasteiger partial charge in [0.05, 0.1) is 33.0 Å². The van der Waals surface area contributed by atoms with Gasteiger partial charge in [-0.05, 0) is 11.6 Å². The molecule has 0 spiro atoms. The lowest BCUT2D eigenvalue weighted by atomic mass is 10.2. The molecule has 3 rings (SSSR count). The van der Waals surface area contributed by atoms with E-state index in [2.05, 4.69) is 9.98 Å². The summed E-state index contributed by atoms with van der Waals surface area (Å²) in [6.07, 6.45) is 1.66. The number of hydrogen-bond acceptors (Lipinski definition) is 5. The summed E-state index contributed by atoms with van der Waals surface area (Å²) in [5.74, 6) is 0.512. The Morgan fingerprint density at radius 3 is 2.48 bits per heavy atom. The second-order valence-corrected chi connectivity index (χ2v) is 5.52. The number of nitrogens with two attached hydrogens (primary N) is 1. The van der Waals surface area contributed by atoms with Crippen molar-refractivity contribution >= 4 is 11.8 Å². The predicted molar refractivity (Wildman–Crippen MR) is 84.9 cm³/mol. The summed E-state index contributed by atoms with van der Waals surface area (Å²) in [5.41, 5.74) is 6.67. The third-order valence-electron chi connectivity index (χ3n) is 3.95. The summed E-state index contributed by atoms with van der Waals surface area (Å²) >= 11 is 0. The summed E-state index contributed by atoms with van der Waals surface area (Å²) in [7, 11) is 0. The highest BCUT2D eigenvalue weighted by Crippen LogP contribution is 2.18. The molecule has 1 aromatic heterocycles. The molecule has 126 valence electrons. The smallest absolute Gasteiger partial charge is 0.191 e. The summed E-state index contributed by atoms with van der Waals surface area (Å²) in [6.45, 7) is 5.61. The molecule has 0 saturated carbocycles. The van der Waals surface area contributed by atoms with Crippen LogP contribution in [-0.2, 0) is 16.0 Å². The number of hydrogen-bond donors (Lipinski definition) is 1. The van der Waals surface area contributed by atoms with Crippen LogP contribution in [0.15, 0.2) is 17.3 Å². The molecule has 0 bridgehead atoms. The largest absolute Gasteiger partial charge is 0.378 e. The second kappa shape index (κ2) is 7.56. The van der Waals surface area contributed by atoms with Crippen molar-refractivity contribution < 1.29 is 13.9 Å². The maximum absolute atomic E-state index is 14.3. The second-order valence-electron chi connectivity index (χ2n) is 5.52. The average Bonchev–Trinajstić information content (AvgIpc) is 2.61. The lowest BCUT2D eigenvalue weighted by Crippen LogP contribution is -2.44. The first-order chi connectivity index (χ1) is 11.2. The van der Waals surface area contributed by atoms with E-state index in [0.29, 0.717) is 63.4 Å². The molecule has 2 saturated heterocycles. The standard InChI is InChI=1S/C15H22FN5O2/c16-13-9-12(10-18-14(13)20-1-5-22-6-2-20)11-19-15(17)21-3-7-23-8-4-21/h9-10H,1-8,11H2,(H2,17,19). The topological polar surface area (TPSA) is 76.2 Å². The number of aliphatic imine (C=N–C) groups is 1. The predicted octanol–water partition coefficient (Wildman–Crippen LogP) is 0.204. The summed E-state index contributed by atoms with van der Waals surface area (Å²) < 4.78 is 24.8. The monoisotopic (exact) mass is 323 g/mol. The SMILES string of the molecule is NC(=NCc1cnc(N2CCOCC2)c(F)c1)N1CCOCC1. The van der Waals surface area contributed by atoms with Gasteiger partial charge < -0.3 is 25.0 Å². The molecule has 2 aliphatic heterocycles. The number of rotatable bonds is 3. The Bertz CT molecular complexity index is 557. The molecule has 0 atom stereocenters. The Labute approximate surface area is 134 Å². The fraction of sp³-hybridized carbons (Fsp3) is 0.600. The fourth-order valence-corrected chi connectivity index (χ4v) is 2.63. The van der Waals surface area contributed by atoms with E-state index in [1.54, 1.807) is 6.20 Å². The number of aromatic nitrogens is 1. The summed E-state index contributed by atoms with van der Waals surface area (Å²) in [4.78, 5) is 12.4. The van der Waals surface area contributed by atoms with Gasteiger partial charge in [-0.1, -0.05) is 0 Å². The van der Waals surface area contributed by atoms with Gasteiger partial charge in [-0.2, -0.15) is 0 Å². The molecule has 23 heavy (non-hydrogen) atoms. The number of ether oxygens (including phenoxy) is 2. The first-order valence-electron chi connectivity index (χ1n) is 7.84. The highest BCUT2D eigenvalue weighted by Gasteiger charge is 2.17. The Morgan fingerprint density at radius 2 is 1.83 bits per heavy atom. The average molecular weight is 323 g/mol. The van der Waals surface area contributed by atoms with Crippen molar-refractivity contribution in [3.8, 4) is 0 Å². The molecule has 2 aliphatic rings. The third kappa shape index (κ3) is 4.08. The number of halogens is 1. The van der Waals surface area contributed by atoms with E-state index < -0.39 is 0 Å². The van der Waals surface area contributed by atoms with Gasteiger partial charge in [0.25, 0.3) is 0 Å². The number of nitrogens with zero attached hydrogens (tertiary/aromatic N) is 4. The van der Waals surface area contributed by atoms with Crippen LogP contribution >= 0.6 is 0 Å². The zero-order valence-electron chi connectivity index (χ0n) is 13.1. The Kier molecular flexibility index (Phi) is 5.24. The minimum absolute atomic E-state index is 0.316. The molecule has 0 amide bonds. The Balaban J connectivity index is 1.63. The van der Waals surface area contributed by atoms with Crippen molar-refractivity contribution in [2.24, 2.45) is 10.7 Å². The first-order valence-corrected chi connectivity index (χ1v) is 7.84. The van der Waals surface area contributed by atoms with Crippen molar-refractivity contribution in [1.29, 1.82) is 0 Å². The van der Waals surface area contributed by atoms with Crippen LogP contribution in [0.5, 0.6) is 0 Å². The van der Waals surface area contributed by atoms with Gasteiger partial charge in [-0.25, -0.2) is 14.4 Å². The lowest BCUT2D eigenvalue weighted by Gasteiger charge is -2.28. The van der Waals surface area contributed by atoms with Gasteiger partial charge in [0.2, 0.25) is 0 Å². The van der Waals surface area contributed by atoms with Gasteiger partial charge in [0, 0.05) is 32.4 Å². The van der Waals surface area contributed by atoms with Crippen LogP contribution in [0.25, 0.3) is 0 Å². The van der Waals surface area contributed by atoms with Crippen LogP contribution in [0, 0.1) is 5.82 Å². The van der Waals surface area contributed by atoms with Crippen molar-refractivity contribution in [3.05, 3.63) is 23.6 Å². The van der Waals surface area contributed by atoms with Gasteiger partial charge in [-0.15, -0.1) is 0 Å². The molecule has 0 unspecified atom stereocenters. The Morgan fingerprint density at radius 1 is 1.17 bits per heavy atom. The molecular formula is C15H22FN5O2. The number of pyridine rings is 1. The number of anilines is 1. The van der Waals surface area contributed by atoms with E-state index >= 15 is 0 Å². The van der Waals surface area contributed by atoms with E-state index in [4.69, 9.17) is 15.2 Å². The highest BCUT2D eigenvalue weighted by atomic mass is 19.1. The lowest BCUT2D eigenvalue weighted by molar-refractivity contribution is 0.0674. The number of morpholine rings is 2. The molecule has 1 aromatic rings. The maximum Gasteiger partial charge on any atom is 0.191 e. The van der Waals surface area contributed by atoms with Crippen LogP contribution in [0.3, 0.4) is 0 Å². The molecule has 2 N–H and O–H groups in total. The molecule has 2 fully saturated rings. The minimum Gasteiger partial charge on any atom is -0.378 e. The normalized spacial score (nSPS) is 20.0. The molecule has 7 nitrogen and oxygen atoms in total. The summed E-state index contributed by atoms with van der Waals surface area (Å²) in [5, 5.41) is 0. The zero-order valence-corrected chi connectivity index (χ0v) is 13.1. The third-order valence-corrected chi connectivity index (χ3v) is 3.95. The van der Waals surface area contributed by atoms with E-state index in [0.717, 1.165) is 13.1 Å². The van der Waals surface area contributed by atoms with Crippen LogP contribution in [-0.4, -0.2) is 68.4 Å². The molecular weight excluding hydrogens is 301 g/mol. The zero-order chi connectivity index (χ0) is 16.1. The first kappa shape index (κ1) is 15.9. The van der Waals surface area contributed by atoms with E-state index in [-0.39, 0.29) is 5.82 Å². The summed E-state index contributed by atoms with van der Waals surface area (Å²) in [6, 6.07) is 1.48. The fourth-order valence-electron chi connectivity index (χ4n) is 2.63. The van der Waals surface area contributed by atoms with Crippen molar-refractivity contribution in [2.45, 2.75) is 6.54 Å².